The summed E-state index contributed by atoms with van der Waals surface area (Å²) in [5, 5.41) is 7.86. The van der Waals surface area contributed by atoms with Gasteiger partial charge in [-0.15, -0.1) is 10.2 Å². The van der Waals surface area contributed by atoms with Crippen LogP contribution in [-0.4, -0.2) is 40.8 Å². The van der Waals surface area contributed by atoms with Crippen molar-refractivity contribution in [2.45, 2.75) is 39.7 Å². The summed E-state index contributed by atoms with van der Waals surface area (Å²) in [6.45, 7) is 6.43. The number of carbonyl (C=O) groups excluding carboxylic acids is 1. The number of nitrogens with zero attached hydrogens (tertiary/aromatic N) is 3. The van der Waals surface area contributed by atoms with Gasteiger partial charge in [-0.3, -0.25) is 4.79 Å². The van der Waals surface area contributed by atoms with Gasteiger partial charge in [0.2, 0.25) is 17.7 Å². The number of carbonyl (C=O) groups is 1. The molecule has 0 radical (unpaired) electrons. The van der Waals surface area contributed by atoms with Crippen molar-refractivity contribution in [2.75, 3.05) is 19.8 Å². The van der Waals surface area contributed by atoms with Crippen molar-refractivity contribution in [1.29, 1.82) is 0 Å². The summed E-state index contributed by atoms with van der Waals surface area (Å²) in [7, 11) is 0. The molecule has 1 atom stereocenters. The Hall–Kier alpha value is -1.43. The van der Waals surface area contributed by atoms with Gasteiger partial charge in [-0.25, -0.2) is 0 Å². The van der Waals surface area contributed by atoms with E-state index in [1.165, 1.54) is 0 Å². The third kappa shape index (κ3) is 3.76. The molecule has 0 unspecified atom stereocenters. The Morgan fingerprint density at radius 1 is 1.37 bits per heavy atom. The third-order valence-electron chi connectivity index (χ3n) is 3.36. The summed E-state index contributed by atoms with van der Waals surface area (Å²) in [6, 6.07) is 0. The van der Waals surface area contributed by atoms with E-state index in [4.69, 9.17) is 9.15 Å². The fourth-order valence-corrected chi connectivity index (χ4v) is 2.16. The minimum Gasteiger partial charge on any atom is -0.423 e. The molecule has 106 valence electrons. The average Bonchev–Trinajstić information content (AvgIpc) is 3.06. The van der Waals surface area contributed by atoms with Gasteiger partial charge >= 0.3 is 0 Å². The molecule has 0 bridgehead atoms. The standard InChI is InChI=1S/C13H21N3O3/c1-3-11-14-15-12(19-11)8-16(4-2)13(17)7-10-5-6-18-9-10/h10H,3-9H2,1-2H3/t10-/m0/s1. The maximum Gasteiger partial charge on any atom is 0.235 e. The lowest BCUT2D eigenvalue weighted by molar-refractivity contribution is -0.133. The van der Waals surface area contributed by atoms with Crippen LogP contribution in [0.25, 0.3) is 0 Å². The van der Waals surface area contributed by atoms with Crippen LogP contribution in [0.2, 0.25) is 0 Å². The maximum atomic E-state index is 12.2. The second kappa shape index (κ2) is 6.65. The molecule has 2 rings (SSSR count). The molecule has 0 aromatic carbocycles. The molecule has 0 N–H and O–H groups in total. The van der Waals surface area contributed by atoms with Crippen molar-refractivity contribution in [3.63, 3.8) is 0 Å². The minimum absolute atomic E-state index is 0.134. The van der Waals surface area contributed by atoms with E-state index in [1.807, 2.05) is 13.8 Å². The zero-order valence-electron chi connectivity index (χ0n) is 11.6. The topological polar surface area (TPSA) is 68.5 Å². The fourth-order valence-electron chi connectivity index (χ4n) is 2.16. The molecule has 1 amide bonds. The molecule has 2 heterocycles. The molecule has 0 saturated carbocycles. The second-order valence-electron chi connectivity index (χ2n) is 4.78. The van der Waals surface area contributed by atoms with Gasteiger partial charge in [0.15, 0.2) is 0 Å². The lowest BCUT2D eigenvalue weighted by Crippen LogP contribution is -2.32. The molecular formula is C13H21N3O3. The Bertz CT molecular complexity index is 413. The summed E-state index contributed by atoms with van der Waals surface area (Å²) in [4.78, 5) is 13.9. The van der Waals surface area contributed by atoms with Crippen LogP contribution in [-0.2, 0) is 22.5 Å². The first-order valence-corrected chi connectivity index (χ1v) is 6.89. The zero-order chi connectivity index (χ0) is 13.7. The summed E-state index contributed by atoms with van der Waals surface area (Å²) in [5.41, 5.74) is 0. The molecule has 1 fully saturated rings. The largest absolute Gasteiger partial charge is 0.423 e. The monoisotopic (exact) mass is 267 g/mol. The van der Waals surface area contributed by atoms with E-state index >= 15 is 0 Å². The summed E-state index contributed by atoms with van der Waals surface area (Å²) in [6.07, 6.45) is 2.24. The van der Waals surface area contributed by atoms with Gasteiger partial charge in [0, 0.05) is 32.6 Å². The Balaban J connectivity index is 1.89. The third-order valence-corrected chi connectivity index (χ3v) is 3.36. The molecule has 1 aliphatic heterocycles. The van der Waals surface area contributed by atoms with E-state index in [1.54, 1.807) is 4.90 Å². The molecule has 1 aromatic heterocycles. The predicted molar refractivity (Wildman–Crippen MR) is 68.3 cm³/mol. The van der Waals surface area contributed by atoms with Gasteiger partial charge in [0.25, 0.3) is 0 Å². The van der Waals surface area contributed by atoms with Crippen molar-refractivity contribution in [2.24, 2.45) is 5.92 Å². The normalized spacial score (nSPS) is 18.7. The van der Waals surface area contributed by atoms with Crippen molar-refractivity contribution in [3.8, 4) is 0 Å². The van der Waals surface area contributed by atoms with Gasteiger partial charge in [-0.1, -0.05) is 6.92 Å². The van der Waals surface area contributed by atoms with E-state index in [0.717, 1.165) is 13.0 Å². The van der Waals surface area contributed by atoms with E-state index in [9.17, 15) is 4.79 Å². The van der Waals surface area contributed by atoms with E-state index < -0.39 is 0 Å². The number of hydrogen-bond acceptors (Lipinski definition) is 5. The predicted octanol–water partition coefficient (Wildman–Crippen LogP) is 1.41. The number of hydrogen-bond donors (Lipinski definition) is 0. The molecule has 6 heteroatoms. The van der Waals surface area contributed by atoms with Crippen molar-refractivity contribution in [1.82, 2.24) is 15.1 Å². The van der Waals surface area contributed by atoms with E-state index in [2.05, 4.69) is 10.2 Å². The minimum atomic E-state index is 0.134. The van der Waals surface area contributed by atoms with Crippen LogP contribution in [0.15, 0.2) is 4.42 Å². The first kappa shape index (κ1) is 14.0. The Morgan fingerprint density at radius 2 is 2.16 bits per heavy atom. The van der Waals surface area contributed by atoms with Gasteiger partial charge in [0.05, 0.1) is 6.54 Å². The molecular weight excluding hydrogens is 246 g/mol. The highest BCUT2D eigenvalue weighted by Crippen LogP contribution is 2.18. The second-order valence-corrected chi connectivity index (χ2v) is 4.78. The van der Waals surface area contributed by atoms with Crippen LogP contribution < -0.4 is 0 Å². The Labute approximate surface area is 113 Å². The van der Waals surface area contributed by atoms with Crippen LogP contribution in [0.3, 0.4) is 0 Å². The van der Waals surface area contributed by atoms with Crippen molar-refractivity contribution >= 4 is 5.91 Å². The fraction of sp³-hybridized carbons (Fsp3) is 0.769. The Morgan fingerprint density at radius 3 is 2.74 bits per heavy atom. The molecule has 1 saturated heterocycles. The molecule has 19 heavy (non-hydrogen) atoms. The Kier molecular flexibility index (Phi) is 4.90. The summed E-state index contributed by atoms with van der Waals surface area (Å²) >= 11 is 0. The van der Waals surface area contributed by atoms with E-state index in [-0.39, 0.29) is 5.91 Å². The van der Waals surface area contributed by atoms with Crippen LogP contribution in [0, 0.1) is 5.92 Å². The van der Waals surface area contributed by atoms with Crippen LogP contribution in [0.1, 0.15) is 38.5 Å². The number of amides is 1. The number of aromatic nitrogens is 2. The van der Waals surface area contributed by atoms with Gasteiger partial charge in [-0.2, -0.15) is 0 Å². The molecule has 1 aromatic rings. The highest BCUT2D eigenvalue weighted by Gasteiger charge is 2.23. The smallest absolute Gasteiger partial charge is 0.235 e. The first-order valence-electron chi connectivity index (χ1n) is 6.89. The van der Waals surface area contributed by atoms with Crippen LogP contribution >= 0.6 is 0 Å². The molecule has 0 spiro atoms. The summed E-state index contributed by atoms with van der Waals surface area (Å²) < 4.78 is 10.7. The SMILES string of the molecule is CCc1nnc(CN(CC)C(=O)C[C@@H]2CCOC2)o1. The number of ether oxygens (including phenoxy) is 1. The molecule has 6 nitrogen and oxygen atoms in total. The lowest BCUT2D eigenvalue weighted by Gasteiger charge is -2.20. The highest BCUT2D eigenvalue weighted by atomic mass is 16.5. The van der Waals surface area contributed by atoms with Crippen molar-refractivity contribution < 1.29 is 13.9 Å². The molecule has 0 aliphatic carbocycles. The van der Waals surface area contributed by atoms with Crippen molar-refractivity contribution in [3.05, 3.63) is 11.8 Å². The first-order chi connectivity index (χ1) is 9.22. The van der Waals surface area contributed by atoms with Gasteiger partial charge in [0.1, 0.15) is 0 Å². The summed E-state index contributed by atoms with van der Waals surface area (Å²) in [5.74, 6) is 1.61. The average molecular weight is 267 g/mol. The highest BCUT2D eigenvalue weighted by molar-refractivity contribution is 5.76. The van der Waals surface area contributed by atoms with Gasteiger partial charge < -0.3 is 14.1 Å². The maximum absolute atomic E-state index is 12.2. The van der Waals surface area contributed by atoms with Gasteiger partial charge in [-0.05, 0) is 19.3 Å². The quantitative estimate of drug-likeness (QED) is 0.779. The van der Waals surface area contributed by atoms with Crippen LogP contribution in [0.5, 0.6) is 0 Å². The number of aryl methyl sites for hydroxylation is 1. The van der Waals surface area contributed by atoms with Crippen LogP contribution in [0.4, 0.5) is 0 Å². The van der Waals surface area contributed by atoms with E-state index in [0.29, 0.717) is 50.2 Å². The number of rotatable bonds is 6. The lowest BCUT2D eigenvalue weighted by atomic mass is 10.0. The molecule has 1 aliphatic rings. The zero-order valence-corrected chi connectivity index (χ0v) is 11.6.